The summed E-state index contributed by atoms with van der Waals surface area (Å²) in [4.78, 5) is 13.3. The number of hydrogen-bond donors (Lipinski definition) is 1. The molecule has 11 heavy (non-hydrogen) atoms. The molecule has 0 aromatic rings. The smallest absolute Gasteiger partial charge is 0.237 e. The molecule has 2 aliphatic rings. The van der Waals surface area contributed by atoms with Crippen LogP contribution in [0.2, 0.25) is 0 Å². The van der Waals surface area contributed by atoms with Gasteiger partial charge in [-0.1, -0.05) is 6.08 Å². The van der Waals surface area contributed by atoms with Crippen molar-refractivity contribution in [2.45, 2.75) is 18.5 Å². The Morgan fingerprint density at radius 3 is 3.18 bits per heavy atom. The zero-order valence-corrected chi connectivity index (χ0v) is 6.42. The number of rotatable bonds is 2. The normalized spacial score (nSPS) is 35.8. The van der Waals surface area contributed by atoms with E-state index in [1.807, 2.05) is 6.08 Å². The summed E-state index contributed by atoms with van der Waals surface area (Å²) in [6, 6.07) is 0.547. The number of nitrogens with zero attached hydrogens (tertiary/aromatic N) is 1. The van der Waals surface area contributed by atoms with Crippen LogP contribution in [0.3, 0.4) is 0 Å². The summed E-state index contributed by atoms with van der Waals surface area (Å²) in [6.45, 7) is 5.50. The third-order valence-corrected chi connectivity index (χ3v) is 2.42. The first-order chi connectivity index (χ1) is 5.31. The average Bonchev–Trinajstić information content (AvgIpc) is 2.46. The minimum absolute atomic E-state index is 0.137. The third-order valence-electron chi connectivity index (χ3n) is 2.42. The van der Waals surface area contributed by atoms with Gasteiger partial charge in [0.1, 0.15) is 0 Å². The minimum atomic E-state index is 0.137. The summed E-state index contributed by atoms with van der Waals surface area (Å²) >= 11 is 0. The zero-order chi connectivity index (χ0) is 7.84. The molecule has 0 radical (unpaired) electrons. The van der Waals surface area contributed by atoms with Gasteiger partial charge in [0, 0.05) is 19.1 Å². The number of hydrogen-bond acceptors (Lipinski definition) is 2. The molecular formula is C8H12N2O. The maximum atomic E-state index is 11.1. The van der Waals surface area contributed by atoms with E-state index < -0.39 is 0 Å². The highest BCUT2D eigenvalue weighted by molar-refractivity contribution is 5.85. The Kier molecular flexibility index (Phi) is 1.46. The van der Waals surface area contributed by atoms with Crippen LogP contribution >= 0.6 is 0 Å². The Hall–Kier alpha value is -0.830. The van der Waals surface area contributed by atoms with E-state index in [1.165, 1.54) is 0 Å². The molecule has 2 fully saturated rings. The number of amides is 1. The maximum absolute atomic E-state index is 11.1. The van der Waals surface area contributed by atoms with E-state index in [2.05, 4.69) is 16.8 Å². The molecule has 0 aliphatic carbocycles. The molecule has 0 saturated carbocycles. The second-order valence-electron chi connectivity index (χ2n) is 3.20. The lowest BCUT2D eigenvalue weighted by molar-refractivity contribution is -0.125. The van der Waals surface area contributed by atoms with Crippen molar-refractivity contribution in [2.75, 3.05) is 13.1 Å². The van der Waals surface area contributed by atoms with Crippen LogP contribution in [0.15, 0.2) is 12.7 Å². The highest BCUT2D eigenvalue weighted by Gasteiger charge is 2.43. The van der Waals surface area contributed by atoms with Gasteiger partial charge in [0.05, 0.1) is 6.04 Å². The summed E-state index contributed by atoms with van der Waals surface area (Å²) in [5.74, 6) is 0.197. The fourth-order valence-corrected chi connectivity index (χ4v) is 1.95. The number of piperazine rings is 1. The van der Waals surface area contributed by atoms with Crippen LogP contribution in [0.1, 0.15) is 6.42 Å². The molecule has 0 aromatic carbocycles. The van der Waals surface area contributed by atoms with Gasteiger partial charge >= 0.3 is 0 Å². The predicted octanol–water partition coefficient (Wildman–Crippen LogP) is -0.255. The number of fused-ring (bicyclic) bond motifs is 2. The molecule has 3 heteroatoms. The first-order valence-electron chi connectivity index (χ1n) is 3.96. The highest BCUT2D eigenvalue weighted by Crippen LogP contribution is 2.23. The van der Waals surface area contributed by atoms with Crippen molar-refractivity contribution in [1.29, 1.82) is 0 Å². The minimum Gasteiger partial charge on any atom is -0.351 e. The lowest BCUT2D eigenvalue weighted by Gasteiger charge is -2.24. The van der Waals surface area contributed by atoms with Crippen LogP contribution in [0, 0.1) is 0 Å². The molecule has 0 spiro atoms. The Bertz CT molecular complexity index is 202. The summed E-state index contributed by atoms with van der Waals surface area (Å²) in [5, 5.41) is 2.93. The zero-order valence-electron chi connectivity index (χ0n) is 6.42. The second-order valence-corrected chi connectivity index (χ2v) is 3.20. The van der Waals surface area contributed by atoms with Gasteiger partial charge in [-0.2, -0.15) is 0 Å². The SMILES string of the molecule is C=CCN1CC2CC1C(=O)N2. The Morgan fingerprint density at radius 1 is 1.82 bits per heavy atom. The monoisotopic (exact) mass is 152 g/mol. The fraction of sp³-hybridized carbons (Fsp3) is 0.625. The molecular weight excluding hydrogens is 140 g/mol. The van der Waals surface area contributed by atoms with Crippen molar-refractivity contribution in [3.05, 3.63) is 12.7 Å². The number of carbonyl (C=O) groups is 1. The van der Waals surface area contributed by atoms with Crippen LogP contribution < -0.4 is 5.32 Å². The molecule has 1 amide bonds. The Morgan fingerprint density at radius 2 is 2.64 bits per heavy atom. The van der Waals surface area contributed by atoms with E-state index in [1.54, 1.807) is 0 Å². The van der Waals surface area contributed by atoms with Crippen molar-refractivity contribution in [2.24, 2.45) is 0 Å². The van der Waals surface area contributed by atoms with Crippen LogP contribution in [0.25, 0.3) is 0 Å². The number of carbonyl (C=O) groups excluding carboxylic acids is 1. The summed E-state index contributed by atoms with van der Waals surface area (Å²) in [6.07, 6.45) is 2.85. The first-order valence-corrected chi connectivity index (χ1v) is 3.96. The first kappa shape index (κ1) is 6.85. The van der Waals surface area contributed by atoms with Crippen molar-refractivity contribution < 1.29 is 4.79 Å². The van der Waals surface area contributed by atoms with Gasteiger partial charge in [0.15, 0.2) is 0 Å². The molecule has 1 N–H and O–H groups in total. The fourth-order valence-electron chi connectivity index (χ4n) is 1.95. The van der Waals surface area contributed by atoms with Gasteiger partial charge in [0.25, 0.3) is 0 Å². The van der Waals surface area contributed by atoms with Crippen molar-refractivity contribution >= 4 is 5.91 Å². The molecule has 2 aliphatic heterocycles. The van der Waals surface area contributed by atoms with E-state index in [0.717, 1.165) is 19.5 Å². The average molecular weight is 152 g/mol. The highest BCUT2D eigenvalue weighted by atomic mass is 16.2. The van der Waals surface area contributed by atoms with Crippen molar-refractivity contribution in [3.63, 3.8) is 0 Å². The van der Waals surface area contributed by atoms with E-state index in [4.69, 9.17) is 0 Å². The molecule has 60 valence electrons. The van der Waals surface area contributed by atoms with Gasteiger partial charge in [0.2, 0.25) is 5.91 Å². The maximum Gasteiger partial charge on any atom is 0.237 e. The van der Waals surface area contributed by atoms with E-state index in [9.17, 15) is 4.79 Å². The topological polar surface area (TPSA) is 32.3 Å². The predicted molar refractivity (Wildman–Crippen MR) is 42.1 cm³/mol. The lowest BCUT2D eigenvalue weighted by Crippen LogP contribution is -2.47. The molecule has 3 nitrogen and oxygen atoms in total. The van der Waals surface area contributed by atoms with Gasteiger partial charge in [-0.05, 0) is 6.42 Å². The van der Waals surface area contributed by atoms with Gasteiger partial charge in [-0.15, -0.1) is 6.58 Å². The molecule has 2 atom stereocenters. The number of nitrogens with one attached hydrogen (secondary N) is 1. The van der Waals surface area contributed by atoms with Crippen molar-refractivity contribution in [1.82, 2.24) is 10.2 Å². The van der Waals surface area contributed by atoms with Gasteiger partial charge in [-0.3, -0.25) is 9.69 Å². The van der Waals surface area contributed by atoms with Crippen LogP contribution in [-0.4, -0.2) is 36.0 Å². The van der Waals surface area contributed by atoms with Crippen LogP contribution in [0.4, 0.5) is 0 Å². The lowest BCUT2D eigenvalue weighted by atomic mass is 10.2. The molecule has 0 aromatic heterocycles. The quantitative estimate of drug-likeness (QED) is 0.553. The third kappa shape index (κ3) is 0.959. The van der Waals surface area contributed by atoms with E-state index in [-0.39, 0.29) is 11.9 Å². The Labute approximate surface area is 66.1 Å². The van der Waals surface area contributed by atoms with Crippen LogP contribution in [-0.2, 0) is 4.79 Å². The molecule has 2 rings (SSSR count). The molecule has 2 bridgehead atoms. The van der Waals surface area contributed by atoms with Crippen molar-refractivity contribution in [3.8, 4) is 0 Å². The summed E-state index contributed by atoms with van der Waals surface area (Å²) in [7, 11) is 0. The largest absolute Gasteiger partial charge is 0.351 e. The standard InChI is InChI=1S/C8H12N2O/c1-2-3-10-5-6-4-7(10)8(11)9-6/h2,6-7H,1,3-5H2,(H,9,11). The molecule has 2 heterocycles. The summed E-state index contributed by atoms with van der Waals surface area (Å²) < 4.78 is 0. The summed E-state index contributed by atoms with van der Waals surface area (Å²) in [5.41, 5.74) is 0. The molecule has 2 unspecified atom stereocenters. The Balaban J connectivity index is 2.06. The molecule has 2 saturated heterocycles. The second kappa shape index (κ2) is 2.34. The van der Waals surface area contributed by atoms with Crippen LogP contribution in [0.5, 0.6) is 0 Å². The van der Waals surface area contributed by atoms with E-state index in [0.29, 0.717) is 6.04 Å². The van der Waals surface area contributed by atoms with Gasteiger partial charge in [-0.25, -0.2) is 0 Å². The number of likely N-dealkylation sites (tertiary alicyclic amines) is 1. The van der Waals surface area contributed by atoms with E-state index >= 15 is 0 Å². The van der Waals surface area contributed by atoms with Gasteiger partial charge < -0.3 is 5.32 Å².